The van der Waals surface area contributed by atoms with E-state index < -0.39 is 0 Å². The van der Waals surface area contributed by atoms with E-state index in [0.717, 1.165) is 37.6 Å². The molecule has 2 saturated heterocycles. The van der Waals surface area contributed by atoms with Crippen LogP contribution in [0.15, 0.2) is 18.2 Å². The summed E-state index contributed by atoms with van der Waals surface area (Å²) in [5.74, 6) is 1.04. The molecule has 1 amide bonds. The van der Waals surface area contributed by atoms with Crippen LogP contribution in [-0.2, 0) is 11.2 Å². The molecule has 96 valence electrons. The number of nitrogens with zero attached hydrogens (tertiary/aromatic N) is 3. The van der Waals surface area contributed by atoms with Gasteiger partial charge in [-0.3, -0.25) is 14.6 Å². The normalized spacial score (nSPS) is 24.4. The van der Waals surface area contributed by atoms with E-state index in [1.807, 2.05) is 23.1 Å². The molecule has 1 unspecified atom stereocenters. The van der Waals surface area contributed by atoms with E-state index >= 15 is 0 Å². The molecule has 3 heterocycles. The predicted octanol–water partition coefficient (Wildman–Crippen LogP) is 1.45. The van der Waals surface area contributed by atoms with Crippen LogP contribution in [0.5, 0.6) is 0 Å². The molecule has 0 aromatic carbocycles. The summed E-state index contributed by atoms with van der Waals surface area (Å²) < 4.78 is 0. The number of rotatable bonds is 3. The van der Waals surface area contributed by atoms with Gasteiger partial charge in [0.2, 0.25) is 5.91 Å². The van der Waals surface area contributed by atoms with Crippen molar-refractivity contribution in [1.82, 2.24) is 9.88 Å². The molecule has 4 heteroatoms. The maximum atomic E-state index is 12.1. The quantitative estimate of drug-likeness (QED) is 0.809. The van der Waals surface area contributed by atoms with Gasteiger partial charge < -0.3 is 0 Å². The zero-order valence-corrected chi connectivity index (χ0v) is 10.8. The summed E-state index contributed by atoms with van der Waals surface area (Å²) in [4.78, 5) is 20.9. The lowest BCUT2D eigenvalue weighted by Gasteiger charge is -2.35. The number of amides is 1. The Labute approximate surface area is 108 Å². The van der Waals surface area contributed by atoms with Crippen molar-refractivity contribution in [1.29, 1.82) is 0 Å². The Kier molecular flexibility index (Phi) is 3.04. The molecule has 0 N–H and O–H groups in total. The van der Waals surface area contributed by atoms with Crippen LogP contribution in [0.3, 0.4) is 0 Å². The van der Waals surface area contributed by atoms with E-state index in [4.69, 9.17) is 0 Å². The van der Waals surface area contributed by atoms with E-state index in [1.54, 1.807) is 0 Å². The highest BCUT2D eigenvalue weighted by Crippen LogP contribution is 2.25. The number of aromatic nitrogens is 1. The van der Waals surface area contributed by atoms with Gasteiger partial charge in [0.05, 0.1) is 0 Å². The molecule has 0 spiro atoms. The predicted molar refractivity (Wildman–Crippen MR) is 70.6 cm³/mol. The molecule has 3 rings (SSSR count). The molecular weight excluding hydrogens is 226 g/mol. The fraction of sp³-hybridized carbons (Fsp3) is 0.571. The van der Waals surface area contributed by atoms with Crippen LogP contribution in [0.1, 0.15) is 25.5 Å². The largest absolute Gasteiger partial charge is 0.298 e. The van der Waals surface area contributed by atoms with Gasteiger partial charge in [-0.2, -0.15) is 0 Å². The molecule has 0 saturated carbocycles. The fourth-order valence-corrected chi connectivity index (χ4v) is 2.67. The van der Waals surface area contributed by atoms with Gasteiger partial charge in [-0.1, -0.05) is 13.0 Å². The second-order valence-corrected chi connectivity index (χ2v) is 5.09. The Morgan fingerprint density at radius 1 is 1.39 bits per heavy atom. The van der Waals surface area contributed by atoms with Crippen molar-refractivity contribution in [3.8, 4) is 0 Å². The van der Waals surface area contributed by atoms with Crippen molar-refractivity contribution >= 4 is 11.7 Å². The average Bonchev–Trinajstić information content (AvgIpc) is 2.69. The van der Waals surface area contributed by atoms with Crippen LogP contribution in [0.25, 0.3) is 0 Å². The average molecular weight is 245 g/mol. The van der Waals surface area contributed by atoms with Crippen molar-refractivity contribution in [2.45, 2.75) is 32.2 Å². The maximum Gasteiger partial charge on any atom is 0.229 e. The zero-order chi connectivity index (χ0) is 12.5. The lowest BCUT2D eigenvalue weighted by atomic mass is 10.1. The Balaban J connectivity index is 1.77. The third-order valence-corrected chi connectivity index (χ3v) is 3.94. The van der Waals surface area contributed by atoms with Crippen LogP contribution >= 0.6 is 0 Å². The molecule has 2 fully saturated rings. The zero-order valence-electron chi connectivity index (χ0n) is 10.8. The number of pyridine rings is 1. The summed E-state index contributed by atoms with van der Waals surface area (Å²) in [6.07, 6.45) is 2.83. The molecule has 2 aliphatic rings. The first-order chi connectivity index (χ1) is 8.78. The first-order valence-electron chi connectivity index (χ1n) is 6.78. The van der Waals surface area contributed by atoms with Gasteiger partial charge in [-0.25, -0.2) is 4.98 Å². The first-order valence-corrected chi connectivity index (χ1v) is 6.78. The monoisotopic (exact) mass is 245 g/mol. The molecule has 1 aromatic rings. The molecule has 4 nitrogen and oxygen atoms in total. The number of likely N-dealkylation sites (tertiary alicyclic amines) is 1. The number of aryl methyl sites for hydroxylation is 1. The highest BCUT2D eigenvalue weighted by Gasteiger charge is 2.36. The summed E-state index contributed by atoms with van der Waals surface area (Å²) in [7, 11) is 0. The topological polar surface area (TPSA) is 36.4 Å². The van der Waals surface area contributed by atoms with Crippen molar-refractivity contribution in [3.05, 3.63) is 23.9 Å². The number of hydrogen-bond donors (Lipinski definition) is 0. The van der Waals surface area contributed by atoms with Crippen LogP contribution in [-0.4, -0.2) is 41.5 Å². The molecule has 0 radical (unpaired) electrons. The minimum Gasteiger partial charge on any atom is -0.298 e. The van der Waals surface area contributed by atoms with Gasteiger partial charge in [0.15, 0.2) is 0 Å². The van der Waals surface area contributed by atoms with Crippen LogP contribution < -0.4 is 4.90 Å². The third kappa shape index (κ3) is 2.01. The van der Waals surface area contributed by atoms with Gasteiger partial charge in [0, 0.05) is 24.7 Å². The van der Waals surface area contributed by atoms with Crippen LogP contribution in [0.2, 0.25) is 0 Å². The Morgan fingerprint density at radius 3 is 2.89 bits per heavy atom. The standard InChI is InChI=1S/C14H19N3O/c1-2-11-5-3-6-13(15-11)17-10-12(9-14(17)18)16-7-4-8-16/h3,5-6,12H,2,4,7-10H2,1H3. The highest BCUT2D eigenvalue weighted by molar-refractivity contribution is 5.95. The minimum atomic E-state index is 0.215. The maximum absolute atomic E-state index is 12.1. The fourth-order valence-electron chi connectivity index (χ4n) is 2.67. The lowest BCUT2D eigenvalue weighted by Crippen LogP contribution is -2.46. The van der Waals surface area contributed by atoms with Gasteiger partial charge in [0.1, 0.15) is 5.82 Å². The number of carbonyl (C=O) groups excluding carboxylic acids is 1. The summed E-state index contributed by atoms with van der Waals surface area (Å²) in [5, 5.41) is 0. The Bertz CT molecular complexity index is 456. The van der Waals surface area contributed by atoms with Crippen molar-refractivity contribution in [3.63, 3.8) is 0 Å². The summed E-state index contributed by atoms with van der Waals surface area (Å²) in [6.45, 7) is 5.18. The molecule has 0 bridgehead atoms. The summed E-state index contributed by atoms with van der Waals surface area (Å²) >= 11 is 0. The van der Waals surface area contributed by atoms with Gasteiger partial charge in [-0.15, -0.1) is 0 Å². The second-order valence-electron chi connectivity index (χ2n) is 5.09. The van der Waals surface area contributed by atoms with Gasteiger partial charge in [0.25, 0.3) is 0 Å². The Hall–Kier alpha value is -1.42. The van der Waals surface area contributed by atoms with Crippen molar-refractivity contribution in [2.24, 2.45) is 0 Å². The molecular formula is C14H19N3O. The minimum absolute atomic E-state index is 0.215. The number of hydrogen-bond acceptors (Lipinski definition) is 3. The van der Waals surface area contributed by atoms with Gasteiger partial charge in [-0.05, 0) is 38.1 Å². The molecule has 0 aliphatic carbocycles. The molecule has 1 aromatic heterocycles. The molecule has 1 atom stereocenters. The lowest BCUT2D eigenvalue weighted by molar-refractivity contribution is -0.117. The van der Waals surface area contributed by atoms with E-state index in [9.17, 15) is 4.79 Å². The highest BCUT2D eigenvalue weighted by atomic mass is 16.2. The van der Waals surface area contributed by atoms with Crippen LogP contribution in [0, 0.1) is 0 Å². The summed E-state index contributed by atoms with van der Waals surface area (Å²) in [6, 6.07) is 6.34. The van der Waals surface area contributed by atoms with Gasteiger partial charge >= 0.3 is 0 Å². The second kappa shape index (κ2) is 4.69. The number of anilines is 1. The number of carbonyl (C=O) groups is 1. The van der Waals surface area contributed by atoms with Crippen molar-refractivity contribution < 1.29 is 4.79 Å². The van der Waals surface area contributed by atoms with Crippen LogP contribution in [0.4, 0.5) is 5.82 Å². The summed E-state index contributed by atoms with van der Waals surface area (Å²) in [5.41, 5.74) is 1.05. The Morgan fingerprint density at radius 2 is 2.22 bits per heavy atom. The molecule has 2 aliphatic heterocycles. The first kappa shape index (κ1) is 11.7. The van der Waals surface area contributed by atoms with E-state index in [0.29, 0.717) is 12.5 Å². The third-order valence-electron chi connectivity index (χ3n) is 3.94. The van der Waals surface area contributed by atoms with E-state index in [-0.39, 0.29) is 5.91 Å². The van der Waals surface area contributed by atoms with E-state index in [1.165, 1.54) is 6.42 Å². The smallest absolute Gasteiger partial charge is 0.229 e. The molecule has 18 heavy (non-hydrogen) atoms. The van der Waals surface area contributed by atoms with E-state index in [2.05, 4.69) is 16.8 Å². The van der Waals surface area contributed by atoms with Crippen molar-refractivity contribution in [2.75, 3.05) is 24.5 Å². The SMILES string of the molecule is CCc1cccc(N2CC(N3CCC3)CC2=O)n1.